The molecule has 2 saturated heterocycles. The number of aliphatic hydroxyl groups excluding tert-OH is 6. The van der Waals surface area contributed by atoms with Crippen molar-refractivity contribution >= 4 is 0 Å². The molecule has 0 aromatic carbocycles. The molecule has 2 aliphatic rings. The maximum absolute atomic E-state index is 9.86. The second-order valence-corrected chi connectivity index (χ2v) is 5.17. The zero-order chi connectivity index (χ0) is 15.8. The molecule has 21 heavy (non-hydrogen) atoms. The second kappa shape index (κ2) is 6.38. The number of rotatable bonds is 3. The van der Waals surface area contributed by atoms with Crippen LogP contribution in [-0.2, 0) is 14.2 Å². The lowest BCUT2D eigenvalue weighted by molar-refractivity contribution is -0.360. The minimum atomic E-state index is -2.30. The van der Waals surface area contributed by atoms with Gasteiger partial charge in [-0.25, -0.2) is 0 Å². The maximum Gasteiger partial charge on any atom is 0.218 e. The Morgan fingerprint density at radius 2 is 1.67 bits per heavy atom. The summed E-state index contributed by atoms with van der Waals surface area (Å²) in [6.07, 6.45) is -10.3. The van der Waals surface area contributed by atoms with Crippen molar-refractivity contribution in [3.05, 3.63) is 0 Å². The summed E-state index contributed by atoms with van der Waals surface area (Å²) in [6.45, 7) is -1.60. The molecule has 8 atom stereocenters. The van der Waals surface area contributed by atoms with Crippen molar-refractivity contribution in [3.8, 4) is 0 Å². The van der Waals surface area contributed by atoms with E-state index in [1.807, 2.05) is 0 Å². The third-order valence-corrected chi connectivity index (χ3v) is 3.65. The second-order valence-electron chi connectivity index (χ2n) is 5.17. The third-order valence-electron chi connectivity index (χ3n) is 3.65. The molecule has 0 aromatic rings. The number of hydrogen-bond donors (Lipinski definition) is 7. The minimum Gasteiger partial charge on any atom is -0.391 e. The minimum absolute atomic E-state index is 0.282. The monoisotopic (exact) mass is 312 g/mol. The fraction of sp³-hybridized carbons (Fsp3) is 1.00. The van der Waals surface area contributed by atoms with Crippen molar-refractivity contribution in [2.75, 3.05) is 19.8 Å². The van der Waals surface area contributed by atoms with E-state index in [4.69, 9.17) is 19.3 Å². The van der Waals surface area contributed by atoms with Crippen molar-refractivity contribution in [2.24, 2.45) is 0 Å². The summed E-state index contributed by atoms with van der Waals surface area (Å²) in [4.78, 5) is 0. The number of hydrogen-bond acceptors (Lipinski definition) is 10. The molecular weight excluding hydrogens is 292 g/mol. The van der Waals surface area contributed by atoms with Crippen molar-refractivity contribution in [3.63, 3.8) is 0 Å². The molecular formula is C11H20O10. The lowest BCUT2D eigenvalue weighted by Crippen LogP contribution is -2.64. The van der Waals surface area contributed by atoms with E-state index in [0.717, 1.165) is 0 Å². The molecule has 7 N–H and O–H groups in total. The molecule has 0 aromatic heterocycles. The molecule has 10 heteroatoms. The van der Waals surface area contributed by atoms with Gasteiger partial charge in [-0.15, -0.1) is 0 Å². The van der Waals surface area contributed by atoms with Gasteiger partial charge < -0.3 is 50.0 Å². The Balaban J connectivity index is 1.98. The summed E-state index contributed by atoms with van der Waals surface area (Å²) in [5.41, 5.74) is 0. The topological polar surface area (TPSA) is 169 Å². The summed E-state index contributed by atoms with van der Waals surface area (Å²) < 4.78 is 15.1. The standard InChI is InChI=1S/C11H20O10/c12-3-11(18)9(17)7(15)5(2-20-11)21-10-8(16)6(14)4(13)1-19-10/h4-10,12-18H,1-3H2/t4-,5-,6+,7-,8-,9-,10+,11-/m1/s1. The van der Waals surface area contributed by atoms with E-state index in [-0.39, 0.29) is 13.2 Å². The summed E-state index contributed by atoms with van der Waals surface area (Å²) in [5, 5.41) is 66.7. The van der Waals surface area contributed by atoms with Crippen molar-refractivity contribution in [1.29, 1.82) is 0 Å². The Morgan fingerprint density at radius 1 is 1.00 bits per heavy atom. The van der Waals surface area contributed by atoms with Crippen LogP contribution < -0.4 is 0 Å². The molecule has 10 nitrogen and oxygen atoms in total. The van der Waals surface area contributed by atoms with E-state index in [1.165, 1.54) is 0 Å². The molecule has 2 fully saturated rings. The van der Waals surface area contributed by atoms with Crippen LogP contribution in [0.4, 0.5) is 0 Å². The Kier molecular flexibility index (Phi) is 5.15. The lowest BCUT2D eigenvalue weighted by Gasteiger charge is -2.44. The molecule has 0 bridgehead atoms. The lowest BCUT2D eigenvalue weighted by atomic mass is 9.97. The van der Waals surface area contributed by atoms with Gasteiger partial charge in [-0.1, -0.05) is 0 Å². The predicted molar refractivity (Wildman–Crippen MR) is 62.6 cm³/mol. The van der Waals surface area contributed by atoms with Gasteiger partial charge in [0.2, 0.25) is 5.79 Å². The smallest absolute Gasteiger partial charge is 0.218 e. The van der Waals surface area contributed by atoms with Gasteiger partial charge in [0.1, 0.15) is 36.6 Å². The highest BCUT2D eigenvalue weighted by Gasteiger charge is 2.50. The third kappa shape index (κ3) is 3.19. The Labute approximate surface area is 119 Å². The van der Waals surface area contributed by atoms with E-state index < -0.39 is 55.3 Å². The molecule has 2 aliphatic heterocycles. The van der Waals surface area contributed by atoms with Gasteiger partial charge in [0.25, 0.3) is 0 Å². The Hall–Kier alpha value is -0.400. The van der Waals surface area contributed by atoms with Gasteiger partial charge in [0.15, 0.2) is 6.29 Å². The van der Waals surface area contributed by atoms with Crippen molar-refractivity contribution in [1.82, 2.24) is 0 Å². The fourth-order valence-corrected chi connectivity index (χ4v) is 2.21. The van der Waals surface area contributed by atoms with Crippen LogP contribution in [-0.4, -0.2) is 104 Å². The zero-order valence-electron chi connectivity index (χ0n) is 11.0. The molecule has 0 radical (unpaired) electrons. The van der Waals surface area contributed by atoms with Crippen LogP contribution in [0.5, 0.6) is 0 Å². The average Bonchev–Trinajstić information content (AvgIpc) is 2.48. The summed E-state index contributed by atoms with van der Waals surface area (Å²) in [6, 6.07) is 0. The first kappa shape index (κ1) is 17.0. The highest BCUT2D eigenvalue weighted by Crippen LogP contribution is 2.27. The molecule has 0 aliphatic carbocycles. The summed E-state index contributed by atoms with van der Waals surface area (Å²) >= 11 is 0. The highest BCUT2D eigenvalue weighted by molar-refractivity contribution is 4.93. The SMILES string of the molecule is OC[C@@]1(O)OC[C@@H](O[C@@H]2OC[C@@H](O)[C@H](O)[C@H]2O)[C@@H](O)[C@H]1O. The van der Waals surface area contributed by atoms with Crippen LogP contribution in [0.15, 0.2) is 0 Å². The zero-order valence-corrected chi connectivity index (χ0v) is 11.0. The van der Waals surface area contributed by atoms with Crippen LogP contribution in [0.25, 0.3) is 0 Å². The van der Waals surface area contributed by atoms with Crippen molar-refractivity contribution < 1.29 is 50.0 Å². The quantitative estimate of drug-likeness (QED) is 0.268. The summed E-state index contributed by atoms with van der Waals surface area (Å²) in [5.74, 6) is -2.30. The first-order valence-electron chi connectivity index (χ1n) is 6.44. The van der Waals surface area contributed by atoms with E-state index in [0.29, 0.717) is 0 Å². The molecule has 2 heterocycles. The first-order valence-corrected chi connectivity index (χ1v) is 6.44. The van der Waals surface area contributed by atoms with E-state index in [2.05, 4.69) is 0 Å². The van der Waals surface area contributed by atoms with E-state index >= 15 is 0 Å². The van der Waals surface area contributed by atoms with Gasteiger partial charge in [-0.3, -0.25) is 0 Å². The maximum atomic E-state index is 9.86. The molecule has 0 amide bonds. The van der Waals surface area contributed by atoms with Gasteiger partial charge in [0.05, 0.1) is 19.8 Å². The largest absolute Gasteiger partial charge is 0.391 e. The van der Waals surface area contributed by atoms with E-state index in [9.17, 15) is 30.6 Å². The van der Waals surface area contributed by atoms with Gasteiger partial charge >= 0.3 is 0 Å². The van der Waals surface area contributed by atoms with Crippen LogP contribution in [0, 0.1) is 0 Å². The molecule has 124 valence electrons. The fourth-order valence-electron chi connectivity index (χ4n) is 2.21. The van der Waals surface area contributed by atoms with Crippen LogP contribution in [0.1, 0.15) is 0 Å². The van der Waals surface area contributed by atoms with Crippen molar-refractivity contribution in [2.45, 2.75) is 48.7 Å². The Bertz CT molecular complexity index is 354. The first-order chi connectivity index (χ1) is 9.80. The molecule has 2 rings (SSSR count). The van der Waals surface area contributed by atoms with Gasteiger partial charge in [-0.2, -0.15) is 0 Å². The molecule has 0 saturated carbocycles. The number of aliphatic hydroxyl groups is 7. The Morgan fingerprint density at radius 3 is 2.29 bits per heavy atom. The van der Waals surface area contributed by atoms with Gasteiger partial charge in [-0.05, 0) is 0 Å². The predicted octanol–water partition coefficient (Wildman–Crippen LogP) is -4.76. The highest BCUT2D eigenvalue weighted by atomic mass is 16.7. The summed E-state index contributed by atoms with van der Waals surface area (Å²) in [7, 11) is 0. The van der Waals surface area contributed by atoms with Gasteiger partial charge in [0, 0.05) is 0 Å². The molecule has 0 spiro atoms. The van der Waals surface area contributed by atoms with Crippen LogP contribution in [0.2, 0.25) is 0 Å². The molecule has 0 unspecified atom stereocenters. The number of ether oxygens (including phenoxy) is 3. The van der Waals surface area contributed by atoms with E-state index in [1.54, 1.807) is 0 Å². The van der Waals surface area contributed by atoms with Crippen LogP contribution in [0.3, 0.4) is 0 Å². The van der Waals surface area contributed by atoms with Crippen LogP contribution >= 0.6 is 0 Å². The normalized spacial score (nSPS) is 51.9. The average molecular weight is 312 g/mol.